The Morgan fingerprint density at radius 2 is 1.94 bits per heavy atom. The van der Waals surface area contributed by atoms with Crippen LogP contribution in [0.5, 0.6) is 5.75 Å². The van der Waals surface area contributed by atoms with E-state index in [0.29, 0.717) is 6.42 Å². The molecule has 0 radical (unpaired) electrons. The molecule has 1 unspecified atom stereocenters. The van der Waals surface area contributed by atoms with E-state index >= 15 is 0 Å². The van der Waals surface area contributed by atoms with E-state index in [0.717, 1.165) is 5.56 Å². The topological polar surface area (TPSA) is 71.4 Å². The summed E-state index contributed by atoms with van der Waals surface area (Å²) in [5.41, 5.74) is 0.803. The van der Waals surface area contributed by atoms with Gasteiger partial charge in [-0.2, -0.15) is 0 Å². The number of hydrogen-bond acceptors (Lipinski definition) is 4. The maximum atomic E-state index is 11.9. The molecule has 1 saturated heterocycles. The molecule has 0 saturated carbocycles. The summed E-state index contributed by atoms with van der Waals surface area (Å²) in [5, 5.41) is 9.11. The molecule has 17 heavy (non-hydrogen) atoms. The summed E-state index contributed by atoms with van der Waals surface area (Å²) in [6.45, 7) is 0. The molecule has 5 heteroatoms. The number of carbonyl (C=O) groups excluding carboxylic acids is 1. The lowest BCUT2D eigenvalue weighted by Gasteiger charge is -2.06. The highest BCUT2D eigenvalue weighted by atomic mass is 32.2. The van der Waals surface area contributed by atoms with Crippen molar-refractivity contribution in [2.75, 3.05) is 11.5 Å². The molecular weight excluding hydrogens is 240 g/mol. The van der Waals surface area contributed by atoms with Crippen molar-refractivity contribution >= 4 is 15.6 Å². The zero-order valence-corrected chi connectivity index (χ0v) is 10.1. The summed E-state index contributed by atoms with van der Waals surface area (Å²) in [7, 11) is -3.00. The highest BCUT2D eigenvalue weighted by molar-refractivity contribution is 7.91. The molecule has 0 aromatic heterocycles. The van der Waals surface area contributed by atoms with E-state index in [9.17, 15) is 13.2 Å². The fourth-order valence-electron chi connectivity index (χ4n) is 2.01. The highest BCUT2D eigenvalue weighted by Crippen LogP contribution is 2.21. The van der Waals surface area contributed by atoms with Crippen molar-refractivity contribution in [2.45, 2.75) is 12.8 Å². The SMILES string of the molecule is O=C(Cc1ccc(O)cc1)C1CCS(=O)(=O)C1. The zero-order chi connectivity index (χ0) is 12.5. The summed E-state index contributed by atoms with van der Waals surface area (Å²) in [5.74, 6) is -0.113. The van der Waals surface area contributed by atoms with Crippen LogP contribution in [0.4, 0.5) is 0 Å². The fraction of sp³-hybridized carbons (Fsp3) is 0.417. The number of phenols is 1. The first-order valence-electron chi connectivity index (χ1n) is 5.47. The normalized spacial score (nSPS) is 22.5. The third-order valence-electron chi connectivity index (χ3n) is 3.00. The molecule has 0 spiro atoms. The maximum Gasteiger partial charge on any atom is 0.151 e. The molecule has 1 atom stereocenters. The average Bonchev–Trinajstić information content (AvgIpc) is 2.62. The molecule has 1 aromatic carbocycles. The smallest absolute Gasteiger partial charge is 0.151 e. The Morgan fingerprint density at radius 1 is 1.29 bits per heavy atom. The zero-order valence-electron chi connectivity index (χ0n) is 9.30. The molecule has 1 fully saturated rings. The van der Waals surface area contributed by atoms with Gasteiger partial charge in [0.25, 0.3) is 0 Å². The van der Waals surface area contributed by atoms with Crippen LogP contribution in [0.25, 0.3) is 0 Å². The molecule has 92 valence electrons. The van der Waals surface area contributed by atoms with Gasteiger partial charge in [0.2, 0.25) is 0 Å². The van der Waals surface area contributed by atoms with Crippen molar-refractivity contribution in [1.82, 2.24) is 0 Å². The van der Waals surface area contributed by atoms with E-state index in [1.165, 1.54) is 12.1 Å². The van der Waals surface area contributed by atoms with Crippen LogP contribution in [0.1, 0.15) is 12.0 Å². The summed E-state index contributed by atoms with van der Waals surface area (Å²) in [4.78, 5) is 11.9. The molecular formula is C12H14O4S. The molecule has 0 aliphatic carbocycles. The van der Waals surface area contributed by atoms with Crippen LogP contribution >= 0.6 is 0 Å². The minimum atomic E-state index is -3.00. The Morgan fingerprint density at radius 3 is 2.47 bits per heavy atom. The Balaban J connectivity index is 2.01. The Hall–Kier alpha value is -1.36. The van der Waals surface area contributed by atoms with Crippen LogP contribution in [0.3, 0.4) is 0 Å². The largest absolute Gasteiger partial charge is 0.508 e. The van der Waals surface area contributed by atoms with Gasteiger partial charge in [0.05, 0.1) is 11.5 Å². The molecule has 1 aliphatic rings. The van der Waals surface area contributed by atoms with Crippen LogP contribution < -0.4 is 0 Å². The van der Waals surface area contributed by atoms with Crippen molar-refractivity contribution in [3.63, 3.8) is 0 Å². The molecule has 0 amide bonds. The number of sulfone groups is 1. The van der Waals surface area contributed by atoms with E-state index in [2.05, 4.69) is 0 Å². The number of phenolic OH excluding ortho intramolecular Hbond substituents is 1. The van der Waals surface area contributed by atoms with Gasteiger partial charge < -0.3 is 5.11 Å². The second-order valence-electron chi connectivity index (χ2n) is 4.41. The molecule has 1 aliphatic heterocycles. The Kier molecular flexibility index (Phi) is 3.19. The second-order valence-corrected chi connectivity index (χ2v) is 6.64. The number of aromatic hydroxyl groups is 1. The van der Waals surface area contributed by atoms with Gasteiger partial charge in [0.1, 0.15) is 11.5 Å². The van der Waals surface area contributed by atoms with Gasteiger partial charge in [-0.15, -0.1) is 0 Å². The summed E-state index contributed by atoms with van der Waals surface area (Å²) in [6.07, 6.45) is 0.680. The lowest BCUT2D eigenvalue weighted by molar-refractivity contribution is -0.121. The fourth-order valence-corrected chi connectivity index (χ4v) is 3.78. The predicted molar refractivity (Wildman–Crippen MR) is 63.6 cm³/mol. The lowest BCUT2D eigenvalue weighted by atomic mass is 9.97. The third-order valence-corrected chi connectivity index (χ3v) is 4.77. The minimum absolute atomic E-state index is 0.0100. The van der Waals surface area contributed by atoms with Gasteiger partial charge in [-0.05, 0) is 24.1 Å². The first-order valence-corrected chi connectivity index (χ1v) is 7.29. The molecule has 1 aromatic rings. The van der Waals surface area contributed by atoms with Crippen molar-refractivity contribution < 1.29 is 18.3 Å². The van der Waals surface area contributed by atoms with Gasteiger partial charge in [0.15, 0.2) is 9.84 Å². The van der Waals surface area contributed by atoms with Crippen molar-refractivity contribution in [3.8, 4) is 5.75 Å². The van der Waals surface area contributed by atoms with Crippen molar-refractivity contribution in [2.24, 2.45) is 5.92 Å². The molecule has 0 bridgehead atoms. The van der Waals surface area contributed by atoms with E-state index in [4.69, 9.17) is 5.11 Å². The molecule has 2 rings (SSSR count). The number of ketones is 1. The molecule has 1 N–H and O–H groups in total. The lowest BCUT2D eigenvalue weighted by Crippen LogP contribution is -2.18. The summed E-state index contributed by atoms with van der Waals surface area (Å²) < 4.78 is 22.5. The monoisotopic (exact) mass is 254 g/mol. The number of hydrogen-bond donors (Lipinski definition) is 1. The Labute approximate surface area is 100 Å². The molecule has 4 nitrogen and oxygen atoms in total. The van der Waals surface area contributed by atoms with E-state index in [1.54, 1.807) is 12.1 Å². The van der Waals surface area contributed by atoms with Gasteiger partial charge >= 0.3 is 0 Å². The van der Waals surface area contributed by atoms with E-state index < -0.39 is 9.84 Å². The summed E-state index contributed by atoms with van der Waals surface area (Å²) in [6, 6.07) is 6.40. The van der Waals surface area contributed by atoms with Gasteiger partial charge in [-0.1, -0.05) is 12.1 Å². The van der Waals surface area contributed by atoms with Crippen LogP contribution in [0.15, 0.2) is 24.3 Å². The first-order chi connectivity index (χ1) is 7.96. The van der Waals surface area contributed by atoms with E-state index in [-0.39, 0.29) is 35.4 Å². The highest BCUT2D eigenvalue weighted by Gasteiger charge is 2.32. The summed E-state index contributed by atoms with van der Waals surface area (Å²) >= 11 is 0. The van der Waals surface area contributed by atoms with Crippen LogP contribution in [-0.2, 0) is 21.1 Å². The van der Waals surface area contributed by atoms with Crippen molar-refractivity contribution in [1.29, 1.82) is 0 Å². The van der Waals surface area contributed by atoms with Crippen molar-refractivity contribution in [3.05, 3.63) is 29.8 Å². The molecule has 1 heterocycles. The van der Waals surface area contributed by atoms with Crippen LogP contribution in [-0.4, -0.2) is 30.8 Å². The van der Waals surface area contributed by atoms with Gasteiger partial charge in [0, 0.05) is 12.3 Å². The second kappa shape index (κ2) is 4.49. The third kappa shape index (κ3) is 3.06. The number of benzene rings is 1. The average molecular weight is 254 g/mol. The standard InChI is InChI=1S/C12H14O4S/c13-11-3-1-9(2-4-11)7-12(14)10-5-6-17(15,16)8-10/h1-4,10,13H,5-8H2. The van der Waals surface area contributed by atoms with Crippen LogP contribution in [0, 0.1) is 5.92 Å². The Bertz CT molecular complexity index is 516. The number of rotatable bonds is 3. The van der Waals surface area contributed by atoms with Gasteiger partial charge in [-0.3, -0.25) is 4.79 Å². The maximum absolute atomic E-state index is 11.9. The first kappa shape index (κ1) is 12.1. The quantitative estimate of drug-likeness (QED) is 0.871. The number of carbonyl (C=O) groups is 1. The van der Waals surface area contributed by atoms with Gasteiger partial charge in [-0.25, -0.2) is 8.42 Å². The van der Waals surface area contributed by atoms with E-state index in [1.807, 2.05) is 0 Å². The number of Topliss-reactive ketones (excluding diaryl/α,β-unsaturated/α-hetero) is 1. The predicted octanol–water partition coefficient (Wildman–Crippen LogP) is 0.939. The minimum Gasteiger partial charge on any atom is -0.508 e. The van der Waals surface area contributed by atoms with Crippen LogP contribution in [0.2, 0.25) is 0 Å².